The highest BCUT2D eigenvalue weighted by atomic mass is 31.2. The molecule has 0 aromatic heterocycles. The van der Waals surface area contributed by atoms with Crippen molar-refractivity contribution in [3.05, 3.63) is 23.5 Å². The van der Waals surface area contributed by atoms with E-state index in [2.05, 4.69) is 0 Å². The number of halogens is 1. The van der Waals surface area contributed by atoms with E-state index in [-0.39, 0.29) is 36.4 Å². The van der Waals surface area contributed by atoms with E-state index in [1.165, 1.54) is 19.2 Å². The van der Waals surface area contributed by atoms with Crippen LogP contribution in [0.2, 0.25) is 0 Å². The molecular weight excluding hydrogens is 272 g/mol. The Balaban J connectivity index is 3.07. The van der Waals surface area contributed by atoms with Gasteiger partial charge in [0, 0.05) is 5.56 Å². The minimum Gasteiger partial charge on any atom is -0.492 e. The van der Waals surface area contributed by atoms with Crippen molar-refractivity contribution in [3.63, 3.8) is 0 Å². The number of rotatable bonds is 7. The summed E-state index contributed by atoms with van der Waals surface area (Å²) in [5.41, 5.74) is 5.96. The molecule has 7 heteroatoms. The number of hydrogen-bond acceptors (Lipinski definition) is 5. The fourth-order valence-corrected chi connectivity index (χ4v) is 3.38. The fraction of sp³-hybridized carbons (Fsp3) is 0.500. The van der Waals surface area contributed by atoms with Gasteiger partial charge >= 0.3 is 7.60 Å². The van der Waals surface area contributed by atoms with Crippen molar-refractivity contribution >= 4 is 13.3 Å². The molecule has 0 saturated heterocycles. The number of anilines is 1. The molecule has 0 amide bonds. The lowest BCUT2D eigenvalue weighted by molar-refractivity contribution is 0.219. The maximum Gasteiger partial charge on any atom is 0.335 e. The lowest BCUT2D eigenvalue weighted by atomic mass is 10.2. The maximum atomic E-state index is 14.1. The Kier molecular flexibility index (Phi) is 5.79. The smallest absolute Gasteiger partial charge is 0.335 e. The number of nitrogens with two attached hydrogens (primary N) is 1. The molecule has 1 aromatic rings. The van der Waals surface area contributed by atoms with E-state index in [1.807, 2.05) is 0 Å². The monoisotopic (exact) mass is 291 g/mol. The first-order valence-electron chi connectivity index (χ1n) is 5.96. The first-order valence-corrected chi connectivity index (χ1v) is 7.69. The minimum absolute atomic E-state index is 0.0583. The molecule has 108 valence electrons. The van der Waals surface area contributed by atoms with Gasteiger partial charge in [-0.1, -0.05) is 6.07 Å². The van der Waals surface area contributed by atoms with Gasteiger partial charge in [0.2, 0.25) is 0 Å². The van der Waals surface area contributed by atoms with Crippen molar-refractivity contribution in [1.29, 1.82) is 0 Å². The summed E-state index contributed by atoms with van der Waals surface area (Å²) in [4.78, 5) is 0. The summed E-state index contributed by atoms with van der Waals surface area (Å²) in [5, 5.41) is 0. The van der Waals surface area contributed by atoms with Crippen LogP contribution in [0.15, 0.2) is 12.1 Å². The third-order valence-electron chi connectivity index (χ3n) is 2.43. The van der Waals surface area contributed by atoms with Gasteiger partial charge in [-0.05, 0) is 19.9 Å². The first kappa shape index (κ1) is 16.0. The summed E-state index contributed by atoms with van der Waals surface area (Å²) in [6.45, 7) is 3.85. The van der Waals surface area contributed by atoms with Gasteiger partial charge in [-0.15, -0.1) is 0 Å². The van der Waals surface area contributed by atoms with Gasteiger partial charge in [0.25, 0.3) is 0 Å². The van der Waals surface area contributed by atoms with E-state index < -0.39 is 13.4 Å². The highest BCUT2D eigenvalue weighted by Crippen LogP contribution is 2.52. The zero-order chi connectivity index (χ0) is 14.5. The van der Waals surface area contributed by atoms with Gasteiger partial charge in [0.15, 0.2) is 11.6 Å². The maximum absolute atomic E-state index is 14.1. The van der Waals surface area contributed by atoms with Crippen LogP contribution in [-0.4, -0.2) is 20.3 Å². The predicted molar refractivity (Wildman–Crippen MR) is 71.9 cm³/mol. The zero-order valence-electron chi connectivity index (χ0n) is 11.3. The number of ether oxygens (including phenoxy) is 1. The molecule has 0 bridgehead atoms. The standard InChI is InChI=1S/C12H19FNO4P/c1-4-17-19(15,18-5-2)8-9-6-7-10(14)12(16-3)11(9)13/h6-7H,4-5,8,14H2,1-3H3. The van der Waals surface area contributed by atoms with Crippen LogP contribution < -0.4 is 10.5 Å². The second-order valence-corrected chi connectivity index (χ2v) is 5.82. The van der Waals surface area contributed by atoms with Crippen LogP contribution in [0.4, 0.5) is 10.1 Å². The summed E-state index contributed by atoms with van der Waals surface area (Å²) >= 11 is 0. The molecule has 0 radical (unpaired) electrons. The highest BCUT2D eigenvalue weighted by Gasteiger charge is 2.27. The lowest BCUT2D eigenvalue weighted by Crippen LogP contribution is -2.03. The Hall–Kier alpha value is -1.10. The van der Waals surface area contributed by atoms with Crippen LogP contribution in [0.5, 0.6) is 5.75 Å². The summed E-state index contributed by atoms with van der Waals surface area (Å²) < 4.78 is 41.6. The van der Waals surface area contributed by atoms with Crippen LogP contribution in [0, 0.1) is 5.82 Å². The minimum atomic E-state index is -3.35. The molecule has 5 nitrogen and oxygen atoms in total. The molecule has 0 aliphatic heterocycles. The van der Waals surface area contributed by atoms with Crippen LogP contribution in [-0.2, 0) is 19.8 Å². The Morgan fingerprint density at radius 2 is 1.84 bits per heavy atom. The fourth-order valence-electron chi connectivity index (χ4n) is 1.67. The molecule has 0 aliphatic rings. The van der Waals surface area contributed by atoms with Gasteiger partial charge in [-0.3, -0.25) is 4.57 Å². The number of hydrogen-bond donors (Lipinski definition) is 1. The molecular formula is C12H19FNO4P. The van der Waals surface area contributed by atoms with E-state index in [4.69, 9.17) is 19.5 Å². The summed E-state index contributed by atoms with van der Waals surface area (Å²) in [6.07, 6.45) is -0.156. The lowest BCUT2D eigenvalue weighted by Gasteiger charge is -2.18. The second kappa shape index (κ2) is 6.89. The molecule has 1 aromatic carbocycles. The van der Waals surface area contributed by atoms with Gasteiger partial charge in [-0.2, -0.15) is 0 Å². The van der Waals surface area contributed by atoms with Crippen LogP contribution in [0.25, 0.3) is 0 Å². The van der Waals surface area contributed by atoms with Crippen molar-refractivity contribution in [3.8, 4) is 5.75 Å². The zero-order valence-corrected chi connectivity index (χ0v) is 12.2. The van der Waals surface area contributed by atoms with E-state index in [9.17, 15) is 8.96 Å². The quantitative estimate of drug-likeness (QED) is 0.617. The van der Waals surface area contributed by atoms with Crippen LogP contribution in [0.1, 0.15) is 19.4 Å². The largest absolute Gasteiger partial charge is 0.492 e. The normalized spacial score (nSPS) is 11.6. The van der Waals surface area contributed by atoms with Gasteiger partial charge < -0.3 is 19.5 Å². The third-order valence-corrected chi connectivity index (χ3v) is 4.46. The Morgan fingerprint density at radius 3 is 2.32 bits per heavy atom. The number of benzene rings is 1. The Bertz CT molecular complexity index is 471. The molecule has 0 fully saturated rings. The molecule has 0 aliphatic carbocycles. The molecule has 0 saturated carbocycles. The molecule has 0 atom stereocenters. The topological polar surface area (TPSA) is 70.8 Å². The number of nitrogen functional groups attached to an aromatic ring is 1. The summed E-state index contributed by atoms with van der Waals surface area (Å²) in [6, 6.07) is 2.96. The van der Waals surface area contributed by atoms with Crippen molar-refractivity contribution in [1.82, 2.24) is 0 Å². The van der Waals surface area contributed by atoms with Crippen molar-refractivity contribution in [2.75, 3.05) is 26.1 Å². The Morgan fingerprint density at radius 1 is 1.26 bits per heavy atom. The molecule has 0 heterocycles. The molecule has 0 unspecified atom stereocenters. The average Bonchev–Trinajstić information content (AvgIpc) is 2.34. The highest BCUT2D eigenvalue weighted by molar-refractivity contribution is 7.53. The third kappa shape index (κ3) is 3.93. The second-order valence-electron chi connectivity index (χ2n) is 3.77. The summed E-state index contributed by atoms with van der Waals surface area (Å²) in [7, 11) is -2.03. The number of methoxy groups -OCH3 is 1. The first-order chi connectivity index (χ1) is 8.97. The van der Waals surface area contributed by atoms with Crippen molar-refractivity contribution in [2.45, 2.75) is 20.0 Å². The Labute approximate surface area is 112 Å². The predicted octanol–water partition coefficient (Wildman–Crippen LogP) is 3.18. The SMILES string of the molecule is CCOP(=O)(Cc1ccc(N)c(OC)c1F)OCC. The molecule has 19 heavy (non-hydrogen) atoms. The van der Waals surface area contributed by atoms with Gasteiger partial charge in [0.1, 0.15) is 0 Å². The summed E-state index contributed by atoms with van der Waals surface area (Å²) in [5.74, 6) is -0.695. The van der Waals surface area contributed by atoms with Crippen molar-refractivity contribution in [2.24, 2.45) is 0 Å². The van der Waals surface area contributed by atoms with Crippen LogP contribution >= 0.6 is 7.60 Å². The van der Waals surface area contributed by atoms with Crippen LogP contribution in [0.3, 0.4) is 0 Å². The van der Waals surface area contributed by atoms with E-state index >= 15 is 0 Å². The molecule has 2 N–H and O–H groups in total. The van der Waals surface area contributed by atoms with Gasteiger partial charge in [-0.25, -0.2) is 4.39 Å². The van der Waals surface area contributed by atoms with E-state index in [0.717, 1.165) is 0 Å². The average molecular weight is 291 g/mol. The molecule has 0 spiro atoms. The van der Waals surface area contributed by atoms with E-state index in [0.29, 0.717) is 0 Å². The van der Waals surface area contributed by atoms with E-state index in [1.54, 1.807) is 13.8 Å². The molecule has 1 rings (SSSR count). The van der Waals surface area contributed by atoms with Crippen molar-refractivity contribution < 1.29 is 22.7 Å². The van der Waals surface area contributed by atoms with Gasteiger partial charge in [0.05, 0.1) is 32.2 Å².